The molecule has 0 saturated heterocycles. The molecule has 0 bridgehead atoms. The van der Waals surface area contributed by atoms with Crippen molar-refractivity contribution in [1.82, 2.24) is 15.4 Å². The van der Waals surface area contributed by atoms with E-state index in [9.17, 15) is 8.42 Å². The Labute approximate surface area is 164 Å². The highest BCUT2D eigenvalue weighted by molar-refractivity contribution is 7.88. The Balaban J connectivity index is 1.86. The summed E-state index contributed by atoms with van der Waals surface area (Å²) in [5.74, 6) is 2.40. The monoisotopic (exact) mass is 394 g/mol. The van der Waals surface area contributed by atoms with Crippen molar-refractivity contribution in [2.45, 2.75) is 57.9 Å². The van der Waals surface area contributed by atoms with E-state index in [2.05, 4.69) is 34.2 Å². The number of hydrogen-bond acceptors (Lipinski definition) is 3. The van der Waals surface area contributed by atoms with E-state index in [0.29, 0.717) is 12.6 Å². The van der Waals surface area contributed by atoms with E-state index in [1.807, 2.05) is 24.3 Å². The van der Waals surface area contributed by atoms with Crippen LogP contribution in [0.3, 0.4) is 0 Å². The minimum absolute atomic E-state index is 0.0105. The van der Waals surface area contributed by atoms with Gasteiger partial charge in [-0.2, -0.15) is 0 Å². The van der Waals surface area contributed by atoms with E-state index in [1.165, 1.54) is 32.7 Å². The molecule has 0 spiro atoms. The van der Waals surface area contributed by atoms with E-state index in [1.54, 1.807) is 7.05 Å². The van der Waals surface area contributed by atoms with E-state index in [-0.39, 0.29) is 5.75 Å². The van der Waals surface area contributed by atoms with Crippen LogP contribution >= 0.6 is 0 Å². The summed E-state index contributed by atoms with van der Waals surface area (Å²) in [6, 6.07) is 8.10. The van der Waals surface area contributed by atoms with Gasteiger partial charge in [-0.25, -0.2) is 13.1 Å². The molecule has 1 aromatic rings. The van der Waals surface area contributed by atoms with Gasteiger partial charge in [0.05, 0.1) is 5.75 Å². The lowest BCUT2D eigenvalue weighted by Crippen LogP contribution is -2.44. The fraction of sp³-hybridized carbons (Fsp3) is 0.650. The molecule has 1 aliphatic rings. The predicted molar refractivity (Wildman–Crippen MR) is 112 cm³/mol. The summed E-state index contributed by atoms with van der Waals surface area (Å²) in [6.45, 7) is 5.23. The van der Waals surface area contributed by atoms with Crippen molar-refractivity contribution in [3.63, 3.8) is 0 Å². The summed E-state index contributed by atoms with van der Waals surface area (Å²) in [6.07, 6.45) is 4.91. The third-order valence-electron chi connectivity index (χ3n) is 5.40. The van der Waals surface area contributed by atoms with Gasteiger partial charge in [-0.05, 0) is 55.7 Å². The van der Waals surface area contributed by atoms with Gasteiger partial charge in [0, 0.05) is 19.6 Å². The predicted octanol–water partition coefficient (Wildman–Crippen LogP) is 2.62. The fourth-order valence-corrected chi connectivity index (χ4v) is 4.39. The number of rotatable bonds is 7. The third-order valence-corrected chi connectivity index (χ3v) is 6.73. The first-order chi connectivity index (χ1) is 12.8. The number of sulfonamides is 1. The Hall–Kier alpha value is -1.60. The summed E-state index contributed by atoms with van der Waals surface area (Å²) in [7, 11) is -0.0434. The van der Waals surface area contributed by atoms with Crippen molar-refractivity contribution >= 4 is 16.0 Å². The topological polar surface area (TPSA) is 82.6 Å². The first-order valence-corrected chi connectivity index (χ1v) is 11.4. The average Bonchev–Trinajstić information content (AvgIpc) is 2.65. The molecule has 0 aromatic heterocycles. The highest BCUT2D eigenvalue weighted by atomic mass is 32.2. The molecule has 7 heteroatoms. The molecule has 27 heavy (non-hydrogen) atoms. The minimum atomic E-state index is -3.26. The van der Waals surface area contributed by atoms with Crippen molar-refractivity contribution in [2.24, 2.45) is 16.8 Å². The normalized spacial score (nSPS) is 21.3. The van der Waals surface area contributed by atoms with Crippen molar-refractivity contribution in [3.8, 4) is 0 Å². The van der Waals surface area contributed by atoms with Crippen LogP contribution in [-0.2, 0) is 22.3 Å². The standard InChI is InChI=1S/C20H34N4O2S/c1-15(2)18-8-10-19(11-9-18)24-20(21-3)23-13-16-6-5-7-17(12-16)14-27(25,26)22-4/h5-7,12,15,18-19,22H,8-11,13-14H2,1-4H3,(H2,21,23,24). The lowest BCUT2D eigenvalue weighted by molar-refractivity contribution is 0.250. The van der Waals surface area contributed by atoms with Gasteiger partial charge in [0.25, 0.3) is 0 Å². The largest absolute Gasteiger partial charge is 0.354 e. The molecule has 0 unspecified atom stereocenters. The number of nitrogens with zero attached hydrogens (tertiary/aromatic N) is 1. The fourth-order valence-electron chi connectivity index (χ4n) is 3.62. The summed E-state index contributed by atoms with van der Waals surface area (Å²) >= 11 is 0. The van der Waals surface area contributed by atoms with Crippen LogP contribution in [-0.4, -0.2) is 34.5 Å². The van der Waals surface area contributed by atoms with Gasteiger partial charge in [0.2, 0.25) is 10.0 Å². The number of nitrogens with one attached hydrogen (secondary N) is 3. The Morgan fingerprint density at radius 3 is 2.44 bits per heavy atom. The Kier molecular flexibility index (Phi) is 8.10. The second-order valence-corrected chi connectivity index (χ2v) is 9.64. The molecule has 3 N–H and O–H groups in total. The average molecular weight is 395 g/mol. The van der Waals surface area contributed by atoms with Gasteiger partial charge >= 0.3 is 0 Å². The van der Waals surface area contributed by atoms with Crippen molar-refractivity contribution in [2.75, 3.05) is 14.1 Å². The quantitative estimate of drug-likeness (QED) is 0.490. The zero-order valence-corrected chi connectivity index (χ0v) is 17.8. The highest BCUT2D eigenvalue weighted by Gasteiger charge is 2.23. The van der Waals surface area contributed by atoms with Gasteiger partial charge in [0.1, 0.15) is 0 Å². The molecular weight excluding hydrogens is 360 g/mol. The maximum absolute atomic E-state index is 11.7. The zero-order chi connectivity index (χ0) is 19.9. The summed E-state index contributed by atoms with van der Waals surface area (Å²) in [5.41, 5.74) is 1.81. The van der Waals surface area contributed by atoms with Crippen LogP contribution in [0.15, 0.2) is 29.3 Å². The molecule has 0 radical (unpaired) electrons. The lowest BCUT2D eigenvalue weighted by atomic mass is 9.80. The Bertz CT molecular complexity index is 723. The van der Waals surface area contributed by atoms with Gasteiger partial charge < -0.3 is 10.6 Å². The molecule has 0 heterocycles. The van der Waals surface area contributed by atoms with Gasteiger partial charge in [-0.15, -0.1) is 0 Å². The van der Waals surface area contributed by atoms with Crippen LogP contribution in [0.4, 0.5) is 0 Å². The van der Waals surface area contributed by atoms with Gasteiger partial charge in [-0.3, -0.25) is 4.99 Å². The van der Waals surface area contributed by atoms with E-state index >= 15 is 0 Å². The Morgan fingerprint density at radius 1 is 1.19 bits per heavy atom. The number of benzene rings is 1. The summed E-state index contributed by atoms with van der Waals surface area (Å²) in [5, 5.41) is 6.88. The molecule has 152 valence electrons. The van der Waals surface area contributed by atoms with E-state index in [0.717, 1.165) is 28.9 Å². The van der Waals surface area contributed by atoms with Crippen LogP contribution in [0.25, 0.3) is 0 Å². The van der Waals surface area contributed by atoms with Crippen LogP contribution in [0, 0.1) is 11.8 Å². The molecule has 0 amide bonds. The first-order valence-electron chi connectivity index (χ1n) is 9.79. The van der Waals surface area contributed by atoms with Crippen LogP contribution in [0.1, 0.15) is 50.7 Å². The van der Waals surface area contributed by atoms with Crippen LogP contribution in [0.5, 0.6) is 0 Å². The smallest absolute Gasteiger partial charge is 0.215 e. The van der Waals surface area contributed by atoms with Crippen LogP contribution < -0.4 is 15.4 Å². The summed E-state index contributed by atoms with van der Waals surface area (Å²) < 4.78 is 25.8. The minimum Gasteiger partial charge on any atom is -0.354 e. The number of aliphatic imine (C=N–C) groups is 1. The Morgan fingerprint density at radius 2 is 1.85 bits per heavy atom. The summed E-state index contributed by atoms with van der Waals surface area (Å²) in [4.78, 5) is 4.33. The third kappa shape index (κ3) is 7.14. The molecule has 6 nitrogen and oxygen atoms in total. The second-order valence-electron chi connectivity index (χ2n) is 7.71. The molecular formula is C20H34N4O2S. The van der Waals surface area contributed by atoms with Gasteiger partial charge in [-0.1, -0.05) is 38.1 Å². The molecule has 1 aromatic carbocycles. The van der Waals surface area contributed by atoms with Crippen LogP contribution in [0.2, 0.25) is 0 Å². The molecule has 1 fully saturated rings. The maximum Gasteiger partial charge on any atom is 0.215 e. The number of hydrogen-bond donors (Lipinski definition) is 3. The number of guanidine groups is 1. The SMILES string of the molecule is CN=C(NCc1cccc(CS(=O)(=O)NC)c1)NC1CCC(C(C)C)CC1. The first kappa shape index (κ1) is 21.7. The zero-order valence-electron chi connectivity index (χ0n) is 17.0. The highest BCUT2D eigenvalue weighted by Crippen LogP contribution is 2.29. The van der Waals surface area contributed by atoms with E-state index < -0.39 is 10.0 Å². The molecule has 0 atom stereocenters. The van der Waals surface area contributed by atoms with E-state index in [4.69, 9.17) is 0 Å². The molecule has 0 aliphatic heterocycles. The lowest BCUT2D eigenvalue weighted by Gasteiger charge is -2.32. The van der Waals surface area contributed by atoms with Gasteiger partial charge in [0.15, 0.2) is 5.96 Å². The second kappa shape index (κ2) is 10.1. The molecule has 1 aliphatic carbocycles. The van der Waals surface area contributed by atoms with Crippen molar-refractivity contribution in [3.05, 3.63) is 35.4 Å². The maximum atomic E-state index is 11.7. The van der Waals surface area contributed by atoms with Crippen molar-refractivity contribution in [1.29, 1.82) is 0 Å². The molecule has 1 saturated carbocycles. The molecule has 2 rings (SSSR count). The van der Waals surface area contributed by atoms with Crippen molar-refractivity contribution < 1.29 is 8.42 Å².